The maximum Gasteiger partial charge on any atom is 0.573 e. The van der Waals surface area contributed by atoms with Crippen molar-refractivity contribution in [3.05, 3.63) is 78.6 Å². The Bertz CT molecular complexity index is 895. The van der Waals surface area contributed by atoms with Crippen molar-refractivity contribution in [2.24, 2.45) is 0 Å². The van der Waals surface area contributed by atoms with Crippen LogP contribution in [0.15, 0.2) is 73.1 Å². The lowest BCUT2D eigenvalue weighted by Gasteiger charge is -2.10. The largest absolute Gasteiger partial charge is 0.573 e. The van der Waals surface area contributed by atoms with Crippen molar-refractivity contribution in [1.29, 1.82) is 0 Å². The van der Waals surface area contributed by atoms with Gasteiger partial charge in [-0.25, -0.2) is 0 Å². The molecule has 132 valence electrons. The van der Waals surface area contributed by atoms with Crippen LogP contribution in [0, 0.1) is 0 Å². The molecular formula is C19H13F3N2O2. The zero-order valence-corrected chi connectivity index (χ0v) is 13.3. The number of nitrogens with one attached hydrogen (secondary N) is 1. The molecule has 0 aliphatic heterocycles. The highest BCUT2D eigenvalue weighted by Gasteiger charge is 2.30. The van der Waals surface area contributed by atoms with E-state index in [-0.39, 0.29) is 5.75 Å². The summed E-state index contributed by atoms with van der Waals surface area (Å²) in [6, 6.07) is 16.1. The minimum atomic E-state index is -4.76. The molecule has 0 radical (unpaired) electrons. The van der Waals surface area contributed by atoms with Gasteiger partial charge in [-0.1, -0.05) is 30.3 Å². The third kappa shape index (κ3) is 4.60. The van der Waals surface area contributed by atoms with Gasteiger partial charge in [0.1, 0.15) is 5.75 Å². The van der Waals surface area contributed by atoms with Crippen LogP contribution in [0.5, 0.6) is 5.75 Å². The predicted octanol–water partition coefficient (Wildman–Crippen LogP) is 4.90. The minimum absolute atomic E-state index is 0.335. The van der Waals surface area contributed by atoms with Crippen molar-refractivity contribution in [1.82, 2.24) is 4.98 Å². The van der Waals surface area contributed by atoms with E-state index in [9.17, 15) is 18.0 Å². The van der Waals surface area contributed by atoms with Gasteiger partial charge in [-0.15, -0.1) is 13.2 Å². The van der Waals surface area contributed by atoms with Gasteiger partial charge in [0.05, 0.1) is 5.56 Å². The van der Waals surface area contributed by atoms with Crippen LogP contribution >= 0.6 is 0 Å². The summed E-state index contributed by atoms with van der Waals surface area (Å²) in [6.07, 6.45) is -1.69. The van der Waals surface area contributed by atoms with Crippen molar-refractivity contribution in [2.75, 3.05) is 5.32 Å². The van der Waals surface area contributed by atoms with Crippen LogP contribution in [0.3, 0.4) is 0 Å². The molecule has 1 heterocycles. The summed E-state index contributed by atoms with van der Waals surface area (Å²) < 4.78 is 40.2. The number of carbonyl (C=O) groups is 1. The standard InChI is InChI=1S/C19H13F3N2O2/c20-19(21,22)26-17-8-6-16(7-9-17)24-18(25)15-10-14(11-23-12-15)13-4-2-1-3-5-13/h1-12H,(H,24,25). The van der Waals surface area contributed by atoms with Crippen molar-refractivity contribution < 1.29 is 22.7 Å². The third-order valence-corrected chi connectivity index (χ3v) is 3.45. The fourth-order valence-electron chi connectivity index (χ4n) is 2.30. The van der Waals surface area contributed by atoms with Gasteiger partial charge in [-0.05, 0) is 35.9 Å². The van der Waals surface area contributed by atoms with Crippen LogP contribution in [0.25, 0.3) is 11.1 Å². The van der Waals surface area contributed by atoms with Gasteiger partial charge in [-0.3, -0.25) is 9.78 Å². The number of aromatic nitrogens is 1. The molecule has 0 saturated heterocycles. The molecule has 4 nitrogen and oxygen atoms in total. The highest BCUT2D eigenvalue weighted by Crippen LogP contribution is 2.24. The summed E-state index contributed by atoms with van der Waals surface area (Å²) in [7, 11) is 0. The third-order valence-electron chi connectivity index (χ3n) is 3.45. The van der Waals surface area contributed by atoms with E-state index in [0.717, 1.165) is 23.3 Å². The monoisotopic (exact) mass is 358 g/mol. The SMILES string of the molecule is O=C(Nc1ccc(OC(F)(F)F)cc1)c1cncc(-c2ccccc2)c1. The number of pyridine rings is 1. The van der Waals surface area contributed by atoms with E-state index < -0.39 is 12.3 Å². The molecule has 0 bridgehead atoms. The number of alkyl halides is 3. The predicted molar refractivity (Wildman–Crippen MR) is 90.8 cm³/mol. The molecule has 0 saturated carbocycles. The van der Waals surface area contributed by atoms with Gasteiger partial charge in [0.15, 0.2) is 0 Å². The van der Waals surface area contributed by atoms with Gasteiger partial charge in [-0.2, -0.15) is 0 Å². The first-order valence-corrected chi connectivity index (χ1v) is 7.58. The normalized spacial score (nSPS) is 11.0. The van der Waals surface area contributed by atoms with Crippen LogP contribution in [-0.2, 0) is 0 Å². The molecule has 0 fully saturated rings. The molecule has 0 aliphatic carbocycles. The highest BCUT2D eigenvalue weighted by atomic mass is 19.4. The Labute approximate surface area is 147 Å². The van der Waals surface area contributed by atoms with Gasteiger partial charge < -0.3 is 10.1 Å². The van der Waals surface area contributed by atoms with Crippen LogP contribution < -0.4 is 10.1 Å². The zero-order chi connectivity index (χ0) is 18.6. The molecule has 0 aliphatic rings. The molecule has 1 aromatic heterocycles. The second-order valence-corrected chi connectivity index (χ2v) is 5.35. The minimum Gasteiger partial charge on any atom is -0.406 e. The van der Waals surface area contributed by atoms with Gasteiger partial charge in [0, 0.05) is 23.6 Å². The van der Waals surface area contributed by atoms with Crippen molar-refractivity contribution in [2.45, 2.75) is 6.36 Å². The summed E-state index contributed by atoms with van der Waals surface area (Å²) in [5.41, 5.74) is 2.38. The number of anilines is 1. The fraction of sp³-hybridized carbons (Fsp3) is 0.0526. The maximum atomic E-state index is 12.3. The molecule has 1 N–H and O–H groups in total. The Morgan fingerprint density at radius 2 is 1.62 bits per heavy atom. The van der Waals surface area contributed by atoms with Crippen molar-refractivity contribution in [3.63, 3.8) is 0 Å². The number of halogens is 3. The lowest BCUT2D eigenvalue weighted by molar-refractivity contribution is -0.274. The number of ether oxygens (including phenoxy) is 1. The van der Waals surface area contributed by atoms with E-state index in [4.69, 9.17) is 0 Å². The number of hydrogen-bond acceptors (Lipinski definition) is 3. The summed E-state index contributed by atoms with van der Waals surface area (Å²) in [6.45, 7) is 0. The van der Waals surface area contributed by atoms with Crippen molar-refractivity contribution in [3.8, 4) is 16.9 Å². The summed E-state index contributed by atoms with van der Waals surface area (Å²) in [5, 5.41) is 2.61. The number of amides is 1. The average Bonchev–Trinajstić information content (AvgIpc) is 2.63. The van der Waals surface area contributed by atoms with E-state index in [0.29, 0.717) is 11.3 Å². The lowest BCUT2D eigenvalue weighted by Crippen LogP contribution is -2.17. The molecule has 7 heteroatoms. The Balaban J connectivity index is 1.72. The molecular weight excluding hydrogens is 345 g/mol. The van der Waals surface area contributed by atoms with E-state index in [1.54, 1.807) is 12.3 Å². The number of hydrogen-bond donors (Lipinski definition) is 1. The maximum absolute atomic E-state index is 12.3. The second-order valence-electron chi connectivity index (χ2n) is 5.35. The summed E-state index contributed by atoms with van der Waals surface area (Å²) in [4.78, 5) is 16.4. The van der Waals surface area contributed by atoms with Crippen LogP contribution in [0.4, 0.5) is 18.9 Å². The van der Waals surface area contributed by atoms with Crippen molar-refractivity contribution >= 4 is 11.6 Å². The Morgan fingerprint density at radius 1 is 0.923 bits per heavy atom. The average molecular weight is 358 g/mol. The van der Waals surface area contributed by atoms with E-state index in [1.165, 1.54) is 18.3 Å². The van der Waals surface area contributed by atoms with Crippen LogP contribution in [0.2, 0.25) is 0 Å². The number of carbonyl (C=O) groups excluding carboxylic acids is 1. The number of nitrogens with zero attached hydrogens (tertiary/aromatic N) is 1. The first-order chi connectivity index (χ1) is 12.4. The Kier molecular flexibility index (Phi) is 4.88. The molecule has 1 amide bonds. The quantitative estimate of drug-likeness (QED) is 0.722. The fourth-order valence-corrected chi connectivity index (χ4v) is 2.30. The number of benzene rings is 2. The Morgan fingerprint density at radius 3 is 2.27 bits per heavy atom. The molecule has 3 aromatic rings. The molecule has 26 heavy (non-hydrogen) atoms. The number of rotatable bonds is 4. The van der Waals surface area contributed by atoms with E-state index in [1.807, 2.05) is 30.3 Å². The second kappa shape index (κ2) is 7.26. The smallest absolute Gasteiger partial charge is 0.406 e. The lowest BCUT2D eigenvalue weighted by atomic mass is 10.1. The van der Waals surface area contributed by atoms with Gasteiger partial charge in [0.2, 0.25) is 0 Å². The summed E-state index contributed by atoms with van der Waals surface area (Å²) >= 11 is 0. The highest BCUT2D eigenvalue weighted by molar-refractivity contribution is 6.04. The van der Waals surface area contributed by atoms with Crippen LogP contribution in [-0.4, -0.2) is 17.3 Å². The van der Waals surface area contributed by atoms with Gasteiger partial charge >= 0.3 is 6.36 Å². The molecule has 0 spiro atoms. The zero-order valence-electron chi connectivity index (χ0n) is 13.3. The molecule has 0 atom stereocenters. The molecule has 0 unspecified atom stereocenters. The first-order valence-electron chi connectivity index (χ1n) is 7.58. The van der Waals surface area contributed by atoms with Crippen LogP contribution in [0.1, 0.15) is 10.4 Å². The topological polar surface area (TPSA) is 51.2 Å². The summed E-state index contributed by atoms with van der Waals surface area (Å²) in [5.74, 6) is -0.775. The molecule has 2 aromatic carbocycles. The Hall–Kier alpha value is -3.35. The van der Waals surface area contributed by atoms with Gasteiger partial charge in [0.25, 0.3) is 5.91 Å². The first kappa shape index (κ1) is 17.5. The molecule has 3 rings (SSSR count). The van der Waals surface area contributed by atoms with E-state index >= 15 is 0 Å². The van der Waals surface area contributed by atoms with E-state index in [2.05, 4.69) is 15.0 Å².